The second-order valence-corrected chi connectivity index (χ2v) is 8.13. The van der Waals surface area contributed by atoms with Crippen molar-refractivity contribution in [2.24, 2.45) is 5.92 Å². The van der Waals surface area contributed by atoms with Crippen molar-refractivity contribution in [1.82, 2.24) is 24.8 Å². The fourth-order valence-electron chi connectivity index (χ4n) is 4.66. The predicted octanol–water partition coefficient (Wildman–Crippen LogP) is 3.81. The van der Waals surface area contributed by atoms with Crippen LogP contribution in [0, 0.1) is 11.7 Å². The van der Waals surface area contributed by atoms with Crippen LogP contribution in [0.15, 0.2) is 49.1 Å². The normalized spacial score (nSPS) is 21.9. The first kappa shape index (κ1) is 21.2. The molecule has 11 heteroatoms. The van der Waals surface area contributed by atoms with Gasteiger partial charge in [-0.05, 0) is 30.9 Å². The molecule has 2 bridgehead atoms. The molecular weight excluding hydrogens is 440 g/mol. The largest absolute Gasteiger partial charge is 0.434 e. The molecule has 0 radical (unpaired) electrons. The summed E-state index contributed by atoms with van der Waals surface area (Å²) in [4.78, 5) is 30.6. The summed E-state index contributed by atoms with van der Waals surface area (Å²) in [7, 11) is 0. The van der Waals surface area contributed by atoms with Crippen LogP contribution in [0.1, 0.15) is 28.9 Å². The minimum absolute atomic E-state index is 0.0932. The molecule has 1 amide bonds. The number of carbonyl (C=O) groups excluding carboxylic acids is 1. The van der Waals surface area contributed by atoms with Gasteiger partial charge < -0.3 is 10.2 Å². The van der Waals surface area contributed by atoms with Crippen LogP contribution in [-0.4, -0.2) is 49.4 Å². The Bertz CT molecular complexity index is 1170. The highest BCUT2D eigenvalue weighted by Gasteiger charge is 2.48. The van der Waals surface area contributed by atoms with Crippen molar-refractivity contribution in [3.63, 3.8) is 0 Å². The number of hydrogen-bond donors (Lipinski definition) is 1. The monoisotopic (exact) mass is 458 g/mol. The van der Waals surface area contributed by atoms with E-state index < -0.39 is 23.6 Å². The number of carbonyl (C=O) groups is 1. The van der Waals surface area contributed by atoms with E-state index in [1.54, 1.807) is 17.0 Å². The minimum Gasteiger partial charge on any atom is -0.364 e. The summed E-state index contributed by atoms with van der Waals surface area (Å²) < 4.78 is 53.0. The van der Waals surface area contributed by atoms with Crippen molar-refractivity contribution >= 4 is 11.7 Å². The van der Waals surface area contributed by atoms with Crippen LogP contribution < -0.4 is 5.32 Å². The predicted molar refractivity (Wildman–Crippen MR) is 109 cm³/mol. The lowest BCUT2D eigenvalue weighted by Crippen LogP contribution is -2.48. The van der Waals surface area contributed by atoms with Gasteiger partial charge in [0.1, 0.15) is 11.6 Å². The van der Waals surface area contributed by atoms with Gasteiger partial charge in [-0.2, -0.15) is 13.2 Å². The standard InChI is InChI=1S/C22H18F4N6O/c23-14-4-1-3-13(20-27-5-2-6-28-20)19(14)21(33)32-11-12-7-15(16(32)8-12)31-18-10-29-17(9-30-18)22(24,25)26/h1-6,9-10,12,15-16H,7-8,11H2,(H,30,31)/t12-,15?,16?/m0/s1. The summed E-state index contributed by atoms with van der Waals surface area (Å²) >= 11 is 0. The van der Waals surface area contributed by atoms with Gasteiger partial charge in [0, 0.05) is 30.5 Å². The molecule has 3 atom stereocenters. The second-order valence-electron chi connectivity index (χ2n) is 8.13. The van der Waals surface area contributed by atoms with Gasteiger partial charge in [-0.3, -0.25) is 4.79 Å². The zero-order chi connectivity index (χ0) is 23.2. The number of nitrogens with zero attached hydrogens (tertiary/aromatic N) is 5. The first-order valence-electron chi connectivity index (χ1n) is 10.3. The minimum atomic E-state index is -4.57. The molecule has 3 heterocycles. The Hall–Kier alpha value is -3.63. The summed E-state index contributed by atoms with van der Waals surface area (Å²) in [5.74, 6) is -0.488. The summed E-state index contributed by atoms with van der Waals surface area (Å²) in [6.45, 7) is 0.476. The Labute approximate surface area is 185 Å². The molecule has 7 nitrogen and oxygen atoms in total. The molecule has 170 valence electrons. The van der Waals surface area contributed by atoms with E-state index in [9.17, 15) is 22.4 Å². The maximum Gasteiger partial charge on any atom is 0.434 e. The number of rotatable bonds is 4. The van der Waals surface area contributed by atoms with Crippen LogP contribution in [-0.2, 0) is 6.18 Å². The number of piperidine rings is 1. The van der Waals surface area contributed by atoms with Crippen LogP contribution in [0.4, 0.5) is 23.4 Å². The Morgan fingerprint density at radius 1 is 1.03 bits per heavy atom. The van der Waals surface area contributed by atoms with Gasteiger partial charge in [0.05, 0.1) is 24.0 Å². The van der Waals surface area contributed by atoms with Crippen LogP contribution in [0.3, 0.4) is 0 Å². The quantitative estimate of drug-likeness (QED) is 0.599. The third-order valence-electron chi connectivity index (χ3n) is 6.05. The molecular formula is C22H18F4N6O. The number of nitrogens with one attached hydrogen (secondary N) is 1. The van der Waals surface area contributed by atoms with Crippen LogP contribution >= 0.6 is 0 Å². The zero-order valence-electron chi connectivity index (χ0n) is 17.1. The molecule has 2 unspecified atom stereocenters. The molecule has 33 heavy (non-hydrogen) atoms. The lowest BCUT2D eigenvalue weighted by Gasteiger charge is -2.34. The molecule has 1 N–H and O–H groups in total. The average Bonchev–Trinajstić information content (AvgIpc) is 3.39. The van der Waals surface area contributed by atoms with Crippen molar-refractivity contribution < 1.29 is 22.4 Å². The van der Waals surface area contributed by atoms with Gasteiger partial charge >= 0.3 is 6.18 Å². The Balaban J connectivity index is 1.38. The van der Waals surface area contributed by atoms with Gasteiger partial charge in [-0.1, -0.05) is 12.1 Å². The van der Waals surface area contributed by atoms with E-state index in [4.69, 9.17) is 0 Å². The molecule has 1 saturated carbocycles. The number of alkyl halides is 3. The van der Waals surface area contributed by atoms with Gasteiger partial charge in [-0.15, -0.1) is 0 Å². The van der Waals surface area contributed by atoms with E-state index in [0.717, 1.165) is 12.6 Å². The molecule has 1 saturated heterocycles. The van der Waals surface area contributed by atoms with E-state index >= 15 is 0 Å². The van der Waals surface area contributed by atoms with Crippen molar-refractivity contribution in [2.75, 3.05) is 11.9 Å². The first-order chi connectivity index (χ1) is 15.8. The molecule has 1 aliphatic heterocycles. The highest BCUT2D eigenvalue weighted by atomic mass is 19.4. The number of aromatic nitrogens is 4. The maximum atomic E-state index is 14.8. The van der Waals surface area contributed by atoms with Crippen molar-refractivity contribution in [3.8, 4) is 11.4 Å². The average molecular weight is 458 g/mol. The van der Waals surface area contributed by atoms with Crippen LogP contribution in [0.5, 0.6) is 0 Å². The lowest BCUT2D eigenvalue weighted by molar-refractivity contribution is -0.141. The van der Waals surface area contributed by atoms with E-state index in [1.165, 1.54) is 24.5 Å². The summed E-state index contributed by atoms with van der Waals surface area (Å²) in [6.07, 6.45) is 1.61. The summed E-state index contributed by atoms with van der Waals surface area (Å²) in [5, 5.41) is 3.09. The fraction of sp³-hybridized carbons (Fsp3) is 0.318. The molecule has 5 rings (SSSR count). The SMILES string of the molecule is O=C(c1c(F)cccc1-c1ncccn1)N1C[C@H]2CC(Nc3cnc(C(F)(F)F)cn3)C1C2. The van der Waals surface area contributed by atoms with Gasteiger partial charge in [0.15, 0.2) is 11.5 Å². The third kappa shape index (κ3) is 3.98. The molecule has 2 fully saturated rings. The summed E-state index contributed by atoms with van der Waals surface area (Å²) in [6, 6.07) is 5.47. The number of hydrogen-bond acceptors (Lipinski definition) is 6. The molecule has 1 aliphatic carbocycles. The molecule has 3 aromatic rings. The number of benzene rings is 1. The lowest BCUT2D eigenvalue weighted by atomic mass is 10.0. The number of likely N-dealkylation sites (tertiary alicyclic amines) is 1. The van der Waals surface area contributed by atoms with Gasteiger partial charge in [0.2, 0.25) is 0 Å². The van der Waals surface area contributed by atoms with Crippen molar-refractivity contribution in [3.05, 3.63) is 66.1 Å². The van der Waals surface area contributed by atoms with Gasteiger partial charge in [-0.25, -0.2) is 24.3 Å². The van der Waals surface area contributed by atoms with E-state index in [-0.39, 0.29) is 35.2 Å². The number of fused-ring (bicyclic) bond motifs is 2. The molecule has 2 aliphatic rings. The van der Waals surface area contributed by atoms with Crippen LogP contribution in [0.2, 0.25) is 0 Å². The highest BCUT2D eigenvalue weighted by Crippen LogP contribution is 2.40. The Morgan fingerprint density at radius 2 is 1.82 bits per heavy atom. The van der Waals surface area contributed by atoms with Crippen LogP contribution in [0.25, 0.3) is 11.4 Å². The third-order valence-corrected chi connectivity index (χ3v) is 6.05. The fourth-order valence-corrected chi connectivity index (χ4v) is 4.66. The highest BCUT2D eigenvalue weighted by molar-refractivity contribution is 6.00. The first-order valence-corrected chi connectivity index (χ1v) is 10.3. The molecule has 2 aromatic heterocycles. The second kappa shape index (κ2) is 8.05. The van der Waals surface area contributed by atoms with E-state index in [1.807, 2.05) is 0 Å². The number of amides is 1. The number of halogens is 4. The molecule has 0 spiro atoms. The van der Waals surface area contributed by atoms with Crippen molar-refractivity contribution in [1.29, 1.82) is 0 Å². The summed E-state index contributed by atoms with van der Waals surface area (Å²) in [5.41, 5.74) is -0.862. The van der Waals surface area contributed by atoms with E-state index in [2.05, 4.69) is 25.3 Å². The Kier molecular flexibility index (Phi) is 5.18. The van der Waals surface area contributed by atoms with E-state index in [0.29, 0.717) is 24.7 Å². The Morgan fingerprint density at radius 3 is 2.48 bits per heavy atom. The zero-order valence-corrected chi connectivity index (χ0v) is 17.1. The maximum absolute atomic E-state index is 14.8. The van der Waals surface area contributed by atoms with Crippen molar-refractivity contribution in [2.45, 2.75) is 31.1 Å². The van der Waals surface area contributed by atoms with Gasteiger partial charge in [0.25, 0.3) is 5.91 Å². The topological polar surface area (TPSA) is 83.9 Å². The number of anilines is 1. The smallest absolute Gasteiger partial charge is 0.364 e. The molecule has 1 aromatic carbocycles.